The van der Waals surface area contributed by atoms with Crippen LogP contribution >= 0.6 is 0 Å². The molecule has 2 aliphatic rings. The zero-order valence-electron chi connectivity index (χ0n) is 10.4. The summed E-state index contributed by atoms with van der Waals surface area (Å²) in [5.74, 6) is 0.742. The molecule has 2 fully saturated rings. The van der Waals surface area contributed by atoms with Crippen molar-refractivity contribution in [1.82, 2.24) is 9.55 Å². The minimum Gasteiger partial charge on any atom is -0.381 e. The quantitative estimate of drug-likeness (QED) is 0.801. The van der Waals surface area contributed by atoms with E-state index in [1.165, 1.54) is 18.5 Å². The van der Waals surface area contributed by atoms with Crippen LogP contribution in [0.1, 0.15) is 37.3 Å². The summed E-state index contributed by atoms with van der Waals surface area (Å²) in [7, 11) is 1.82. The van der Waals surface area contributed by atoms with E-state index in [2.05, 4.69) is 9.55 Å². The lowest BCUT2D eigenvalue weighted by molar-refractivity contribution is -0.0988. The SMILES string of the molecule is COC1(Cn2cncc2C2CC2)CCOCC1. The highest BCUT2D eigenvalue weighted by Crippen LogP contribution is 2.40. The van der Waals surface area contributed by atoms with Crippen LogP contribution in [-0.2, 0) is 16.0 Å². The average Bonchev–Trinajstić information content (AvgIpc) is 3.12. The number of methoxy groups -OCH3 is 1. The monoisotopic (exact) mass is 236 g/mol. The van der Waals surface area contributed by atoms with E-state index >= 15 is 0 Å². The molecule has 0 aromatic carbocycles. The van der Waals surface area contributed by atoms with Gasteiger partial charge in [-0.25, -0.2) is 4.98 Å². The fourth-order valence-electron chi connectivity index (χ4n) is 2.66. The van der Waals surface area contributed by atoms with Crippen LogP contribution in [-0.4, -0.2) is 35.5 Å². The second-order valence-electron chi connectivity index (χ2n) is 5.22. The molecule has 0 amide bonds. The van der Waals surface area contributed by atoms with Gasteiger partial charge in [-0.05, 0) is 12.8 Å². The maximum absolute atomic E-state index is 5.78. The average molecular weight is 236 g/mol. The standard InChI is InChI=1S/C13H20N2O2/c1-16-13(4-6-17-7-5-13)9-15-10-14-8-12(15)11-2-3-11/h8,10-11H,2-7,9H2,1H3. The molecule has 2 heterocycles. The summed E-state index contributed by atoms with van der Waals surface area (Å²) < 4.78 is 13.5. The van der Waals surface area contributed by atoms with Crippen LogP contribution in [0.4, 0.5) is 0 Å². The zero-order valence-corrected chi connectivity index (χ0v) is 10.4. The molecule has 1 aliphatic carbocycles. The minimum atomic E-state index is -0.0530. The van der Waals surface area contributed by atoms with Gasteiger partial charge < -0.3 is 14.0 Å². The van der Waals surface area contributed by atoms with Crippen LogP contribution in [0.2, 0.25) is 0 Å². The number of ether oxygens (including phenoxy) is 2. The molecule has 0 bridgehead atoms. The molecule has 94 valence electrons. The molecule has 4 heteroatoms. The predicted molar refractivity (Wildman–Crippen MR) is 64.0 cm³/mol. The Kier molecular flexibility index (Phi) is 2.92. The fraction of sp³-hybridized carbons (Fsp3) is 0.769. The summed E-state index contributed by atoms with van der Waals surface area (Å²) in [6.45, 7) is 2.53. The number of hydrogen-bond acceptors (Lipinski definition) is 3. The smallest absolute Gasteiger partial charge is 0.0949 e. The van der Waals surface area contributed by atoms with Crippen molar-refractivity contribution >= 4 is 0 Å². The summed E-state index contributed by atoms with van der Waals surface area (Å²) in [5, 5.41) is 0. The van der Waals surface area contributed by atoms with E-state index in [0.29, 0.717) is 0 Å². The molecular formula is C13H20N2O2. The van der Waals surface area contributed by atoms with E-state index in [-0.39, 0.29) is 5.60 Å². The Morgan fingerprint density at radius 2 is 2.24 bits per heavy atom. The largest absolute Gasteiger partial charge is 0.381 e. The van der Waals surface area contributed by atoms with Crippen LogP contribution < -0.4 is 0 Å². The molecule has 4 nitrogen and oxygen atoms in total. The van der Waals surface area contributed by atoms with Gasteiger partial charge in [0.05, 0.1) is 18.5 Å². The molecule has 0 atom stereocenters. The topological polar surface area (TPSA) is 36.3 Å². The summed E-state index contributed by atoms with van der Waals surface area (Å²) in [4.78, 5) is 4.29. The molecule has 17 heavy (non-hydrogen) atoms. The highest BCUT2D eigenvalue weighted by molar-refractivity contribution is 5.13. The van der Waals surface area contributed by atoms with Crippen molar-refractivity contribution in [2.45, 2.75) is 43.7 Å². The Balaban J connectivity index is 1.77. The summed E-state index contributed by atoms with van der Waals surface area (Å²) in [6, 6.07) is 0. The molecule has 1 aliphatic heterocycles. The Morgan fingerprint density at radius 1 is 1.47 bits per heavy atom. The molecular weight excluding hydrogens is 216 g/mol. The van der Waals surface area contributed by atoms with Gasteiger partial charge in [-0.2, -0.15) is 0 Å². The first-order chi connectivity index (χ1) is 8.33. The first-order valence-corrected chi connectivity index (χ1v) is 6.46. The Morgan fingerprint density at radius 3 is 2.88 bits per heavy atom. The van der Waals surface area contributed by atoms with Crippen molar-refractivity contribution in [3.63, 3.8) is 0 Å². The van der Waals surface area contributed by atoms with E-state index in [1.807, 2.05) is 19.6 Å². The second kappa shape index (κ2) is 4.42. The number of hydrogen-bond donors (Lipinski definition) is 0. The highest BCUT2D eigenvalue weighted by Gasteiger charge is 2.35. The van der Waals surface area contributed by atoms with Crippen LogP contribution in [0.5, 0.6) is 0 Å². The number of aromatic nitrogens is 2. The normalized spacial score (nSPS) is 23.8. The molecule has 0 radical (unpaired) electrons. The third kappa shape index (κ3) is 2.24. The van der Waals surface area contributed by atoms with Gasteiger partial charge in [-0.3, -0.25) is 0 Å². The lowest BCUT2D eigenvalue weighted by atomic mass is 9.93. The molecule has 1 saturated carbocycles. The molecule has 1 aromatic heterocycles. The molecule has 3 rings (SSSR count). The van der Waals surface area contributed by atoms with E-state index in [0.717, 1.165) is 38.5 Å². The van der Waals surface area contributed by atoms with E-state index in [9.17, 15) is 0 Å². The lowest BCUT2D eigenvalue weighted by Crippen LogP contribution is -2.42. The minimum absolute atomic E-state index is 0.0530. The first-order valence-electron chi connectivity index (χ1n) is 6.46. The third-order valence-corrected chi connectivity index (χ3v) is 4.04. The van der Waals surface area contributed by atoms with Gasteiger partial charge in [-0.1, -0.05) is 0 Å². The fourth-order valence-corrected chi connectivity index (χ4v) is 2.66. The van der Waals surface area contributed by atoms with Gasteiger partial charge in [0, 0.05) is 51.0 Å². The van der Waals surface area contributed by atoms with Crippen LogP contribution in [0.15, 0.2) is 12.5 Å². The Labute approximate surface area is 102 Å². The molecule has 0 N–H and O–H groups in total. The maximum Gasteiger partial charge on any atom is 0.0949 e. The lowest BCUT2D eigenvalue weighted by Gasteiger charge is -2.36. The number of nitrogens with zero attached hydrogens (tertiary/aromatic N) is 2. The van der Waals surface area contributed by atoms with E-state index in [4.69, 9.17) is 9.47 Å². The zero-order chi connectivity index (χ0) is 11.7. The molecule has 1 aromatic rings. The summed E-state index contributed by atoms with van der Waals surface area (Å²) in [6.07, 6.45) is 8.55. The van der Waals surface area contributed by atoms with Crippen LogP contribution in [0.3, 0.4) is 0 Å². The van der Waals surface area contributed by atoms with Crippen LogP contribution in [0.25, 0.3) is 0 Å². The van der Waals surface area contributed by atoms with Crippen molar-refractivity contribution < 1.29 is 9.47 Å². The third-order valence-electron chi connectivity index (χ3n) is 4.04. The van der Waals surface area contributed by atoms with Crippen molar-refractivity contribution in [2.75, 3.05) is 20.3 Å². The van der Waals surface area contributed by atoms with Gasteiger partial charge in [0.25, 0.3) is 0 Å². The van der Waals surface area contributed by atoms with Gasteiger partial charge in [0.1, 0.15) is 0 Å². The van der Waals surface area contributed by atoms with Gasteiger partial charge in [0.15, 0.2) is 0 Å². The molecule has 1 saturated heterocycles. The van der Waals surface area contributed by atoms with Gasteiger partial charge in [-0.15, -0.1) is 0 Å². The van der Waals surface area contributed by atoms with Gasteiger partial charge in [0.2, 0.25) is 0 Å². The highest BCUT2D eigenvalue weighted by atomic mass is 16.5. The van der Waals surface area contributed by atoms with E-state index < -0.39 is 0 Å². The van der Waals surface area contributed by atoms with Gasteiger partial charge >= 0.3 is 0 Å². The number of imidazole rings is 1. The van der Waals surface area contributed by atoms with Crippen LogP contribution in [0, 0.1) is 0 Å². The summed E-state index contributed by atoms with van der Waals surface area (Å²) >= 11 is 0. The maximum atomic E-state index is 5.78. The summed E-state index contributed by atoms with van der Waals surface area (Å²) in [5.41, 5.74) is 1.33. The van der Waals surface area contributed by atoms with E-state index in [1.54, 1.807) is 0 Å². The van der Waals surface area contributed by atoms with Crippen molar-refractivity contribution in [3.05, 3.63) is 18.2 Å². The molecule has 0 spiro atoms. The van der Waals surface area contributed by atoms with Crippen molar-refractivity contribution in [2.24, 2.45) is 0 Å². The molecule has 0 unspecified atom stereocenters. The second-order valence-corrected chi connectivity index (χ2v) is 5.22. The first kappa shape index (κ1) is 11.2. The van der Waals surface area contributed by atoms with Crippen molar-refractivity contribution in [1.29, 1.82) is 0 Å². The Bertz CT molecular complexity index is 379. The number of rotatable bonds is 4. The predicted octanol–water partition coefficient (Wildman–Crippen LogP) is 1.96. The van der Waals surface area contributed by atoms with Crippen molar-refractivity contribution in [3.8, 4) is 0 Å². The Hall–Kier alpha value is -0.870.